The van der Waals surface area contributed by atoms with Crippen molar-refractivity contribution in [3.63, 3.8) is 0 Å². The van der Waals surface area contributed by atoms with Gasteiger partial charge in [-0.05, 0) is 144 Å². The summed E-state index contributed by atoms with van der Waals surface area (Å²) >= 11 is 0. The molecule has 1 N–H and O–H groups in total. The van der Waals surface area contributed by atoms with E-state index >= 15 is 0 Å². The average molecular weight is 829 g/mol. The molecule has 0 bridgehead atoms. The molecule has 0 amide bonds. The first-order chi connectivity index (χ1) is 30.5. The van der Waals surface area contributed by atoms with Crippen LogP contribution in [0.15, 0.2) is 146 Å². The van der Waals surface area contributed by atoms with Crippen LogP contribution in [0.2, 0.25) is 0 Å². The first kappa shape index (κ1) is 40.5. The normalized spacial score (nSPS) is 23.1. The molecule has 2 fully saturated rings. The van der Waals surface area contributed by atoms with E-state index in [-0.39, 0.29) is 36.3 Å². The van der Waals surface area contributed by atoms with E-state index in [1.165, 1.54) is 44.5 Å². The van der Waals surface area contributed by atoms with Gasteiger partial charge in [0.1, 0.15) is 67.7 Å². The van der Waals surface area contributed by atoms with Crippen LogP contribution >= 0.6 is 0 Å². The third-order valence-electron chi connectivity index (χ3n) is 13.5. The lowest BCUT2D eigenvalue weighted by molar-refractivity contribution is 0.0626. The van der Waals surface area contributed by atoms with E-state index in [1.807, 2.05) is 24.3 Å². The van der Waals surface area contributed by atoms with Gasteiger partial charge in [-0.3, -0.25) is 0 Å². The molecule has 62 heavy (non-hydrogen) atoms. The van der Waals surface area contributed by atoms with E-state index in [0.717, 1.165) is 87.6 Å². The lowest BCUT2D eigenvalue weighted by Crippen LogP contribution is -2.30. The molecule has 2 aliphatic heterocycles. The number of fused-ring (bicyclic) bond motifs is 2. The van der Waals surface area contributed by atoms with Crippen LogP contribution in [0.25, 0.3) is 0 Å². The van der Waals surface area contributed by atoms with Gasteiger partial charge in [-0.1, -0.05) is 97.1 Å². The molecule has 7 heteroatoms. The SMILES string of the molecule is OC(COc1ccc(C2(c3ccc(OCC4CO4)cc3)CCCc3ccccc3C2)cc1)COc1ccc(C2(c3ccc(OCC4CO4)cc3)CCCc3ccccc3C2)cc1. The number of aliphatic hydroxyl groups is 1. The monoisotopic (exact) mass is 828 g/mol. The predicted molar refractivity (Wildman–Crippen MR) is 241 cm³/mol. The predicted octanol–water partition coefficient (Wildman–Crippen LogP) is 9.79. The van der Waals surface area contributed by atoms with Gasteiger partial charge in [0.15, 0.2) is 0 Å². The third-order valence-corrected chi connectivity index (χ3v) is 13.5. The summed E-state index contributed by atoms with van der Waals surface area (Å²) in [5.41, 5.74) is 10.4. The van der Waals surface area contributed by atoms with Crippen molar-refractivity contribution in [3.8, 4) is 23.0 Å². The number of aliphatic hydroxyl groups excluding tert-OH is 1. The zero-order valence-corrected chi connectivity index (χ0v) is 35.4. The largest absolute Gasteiger partial charge is 0.491 e. The number of rotatable bonds is 16. The second kappa shape index (κ2) is 18.0. The van der Waals surface area contributed by atoms with Crippen molar-refractivity contribution < 1.29 is 33.5 Å². The third kappa shape index (κ3) is 9.12. The Kier molecular flexibility index (Phi) is 11.8. The Labute approximate surface area is 365 Å². The Balaban J connectivity index is 0.797. The maximum absolute atomic E-state index is 11.0. The maximum atomic E-state index is 11.0. The number of ether oxygens (including phenoxy) is 6. The number of benzene rings is 6. The van der Waals surface area contributed by atoms with E-state index in [4.69, 9.17) is 28.4 Å². The zero-order valence-electron chi connectivity index (χ0n) is 35.4. The van der Waals surface area contributed by atoms with Crippen molar-refractivity contribution in [2.45, 2.75) is 80.5 Å². The van der Waals surface area contributed by atoms with Crippen LogP contribution in [0, 0.1) is 0 Å². The van der Waals surface area contributed by atoms with Gasteiger partial charge in [0.05, 0.1) is 13.2 Å². The fraction of sp³-hybridized carbons (Fsp3) is 0.345. The molecule has 2 heterocycles. The van der Waals surface area contributed by atoms with Crippen LogP contribution in [0.4, 0.5) is 0 Å². The van der Waals surface area contributed by atoms with Crippen LogP contribution < -0.4 is 18.9 Å². The molecule has 4 atom stereocenters. The van der Waals surface area contributed by atoms with Crippen LogP contribution in [-0.4, -0.2) is 63.1 Å². The highest BCUT2D eigenvalue weighted by Crippen LogP contribution is 2.46. The van der Waals surface area contributed by atoms with Gasteiger partial charge in [0, 0.05) is 10.8 Å². The Morgan fingerprint density at radius 1 is 0.452 bits per heavy atom. The molecular weight excluding hydrogens is 773 g/mol. The Morgan fingerprint density at radius 2 is 0.774 bits per heavy atom. The van der Waals surface area contributed by atoms with Gasteiger partial charge >= 0.3 is 0 Å². The fourth-order valence-electron chi connectivity index (χ4n) is 9.88. The van der Waals surface area contributed by atoms with Crippen molar-refractivity contribution in [3.05, 3.63) is 190 Å². The molecule has 2 aliphatic carbocycles. The van der Waals surface area contributed by atoms with Crippen LogP contribution in [0.1, 0.15) is 70.2 Å². The molecule has 4 unspecified atom stereocenters. The summed E-state index contributed by atoms with van der Waals surface area (Å²) in [5.74, 6) is 3.18. The second-order valence-electron chi connectivity index (χ2n) is 17.7. The van der Waals surface area contributed by atoms with Gasteiger partial charge in [-0.2, -0.15) is 0 Å². The minimum atomic E-state index is -0.803. The highest BCUT2D eigenvalue weighted by molar-refractivity contribution is 5.49. The van der Waals surface area contributed by atoms with Crippen molar-refractivity contribution in [1.29, 1.82) is 0 Å². The molecule has 0 radical (unpaired) electrons. The summed E-state index contributed by atoms with van der Waals surface area (Å²) in [5, 5.41) is 11.0. The van der Waals surface area contributed by atoms with Crippen LogP contribution in [0.5, 0.6) is 23.0 Å². The van der Waals surface area contributed by atoms with Gasteiger partial charge < -0.3 is 33.5 Å². The minimum Gasteiger partial charge on any atom is -0.491 e. The first-order valence-corrected chi connectivity index (χ1v) is 22.5. The van der Waals surface area contributed by atoms with E-state index < -0.39 is 6.10 Å². The summed E-state index contributed by atoms with van der Waals surface area (Å²) in [7, 11) is 0. The molecule has 10 rings (SSSR count). The number of hydrogen-bond acceptors (Lipinski definition) is 7. The second-order valence-corrected chi connectivity index (χ2v) is 17.7. The smallest absolute Gasteiger partial charge is 0.122 e. The Bertz CT molecular complexity index is 2230. The Morgan fingerprint density at radius 3 is 1.11 bits per heavy atom. The lowest BCUT2D eigenvalue weighted by Gasteiger charge is -2.35. The molecule has 7 nitrogen and oxygen atoms in total. The summed E-state index contributed by atoms with van der Waals surface area (Å²) in [6.07, 6.45) is 7.88. The van der Waals surface area contributed by atoms with Gasteiger partial charge in [-0.25, -0.2) is 0 Å². The Hall–Kier alpha value is -5.60. The summed E-state index contributed by atoms with van der Waals surface area (Å²) in [4.78, 5) is 0. The quantitative estimate of drug-likeness (QED) is 0.0769. The molecule has 4 aliphatic rings. The number of aryl methyl sites for hydroxylation is 2. The minimum absolute atomic E-state index is 0.124. The average Bonchev–Trinajstić information content (AvgIpc) is 4.24. The van der Waals surface area contributed by atoms with Crippen LogP contribution in [-0.2, 0) is 46.0 Å². The molecule has 6 aromatic rings. The fourth-order valence-corrected chi connectivity index (χ4v) is 9.88. The molecule has 318 valence electrons. The molecular formula is C55H56O7. The zero-order chi connectivity index (χ0) is 41.8. The molecule has 2 saturated heterocycles. The standard InChI is InChI=1S/C55H56O7/c56-47(33-57-48-21-13-43(14-22-48)54(29-5-11-39-7-1-3-9-41(39)31-54)45-17-25-50(26-18-45)59-35-52-37-61-52)34-58-49-23-15-44(16-24-49)55(30-6-12-40-8-2-4-10-42(40)32-55)46-19-27-51(28-20-46)60-36-53-38-62-53/h1-4,7-10,13-28,47,52-53,56H,5-6,11-12,29-38H2. The molecule has 6 aromatic carbocycles. The lowest BCUT2D eigenvalue weighted by atomic mass is 9.68. The van der Waals surface area contributed by atoms with Crippen molar-refractivity contribution in [2.75, 3.05) is 39.6 Å². The summed E-state index contributed by atoms with van der Waals surface area (Å²) in [6.45, 7) is 3.00. The summed E-state index contributed by atoms with van der Waals surface area (Å²) in [6, 6.07) is 52.1. The topological polar surface area (TPSA) is 82.2 Å². The highest BCUT2D eigenvalue weighted by Gasteiger charge is 2.38. The molecule has 0 saturated carbocycles. The van der Waals surface area contributed by atoms with Crippen molar-refractivity contribution >= 4 is 0 Å². The highest BCUT2D eigenvalue weighted by atomic mass is 16.6. The van der Waals surface area contributed by atoms with E-state index in [0.29, 0.717) is 13.2 Å². The molecule has 0 aromatic heterocycles. The molecule has 0 spiro atoms. The van der Waals surface area contributed by atoms with Gasteiger partial charge in [-0.15, -0.1) is 0 Å². The van der Waals surface area contributed by atoms with E-state index in [1.54, 1.807) is 0 Å². The maximum Gasteiger partial charge on any atom is 0.122 e. The van der Waals surface area contributed by atoms with E-state index in [9.17, 15) is 5.11 Å². The summed E-state index contributed by atoms with van der Waals surface area (Å²) < 4.78 is 35.0. The van der Waals surface area contributed by atoms with Crippen molar-refractivity contribution in [2.24, 2.45) is 0 Å². The first-order valence-electron chi connectivity index (χ1n) is 22.5. The van der Waals surface area contributed by atoms with Gasteiger partial charge in [0.25, 0.3) is 0 Å². The van der Waals surface area contributed by atoms with E-state index in [2.05, 4.69) is 121 Å². The number of hydrogen-bond donors (Lipinski definition) is 1. The number of epoxide rings is 2. The van der Waals surface area contributed by atoms with Crippen LogP contribution in [0.3, 0.4) is 0 Å². The van der Waals surface area contributed by atoms with Crippen molar-refractivity contribution in [1.82, 2.24) is 0 Å². The van der Waals surface area contributed by atoms with Gasteiger partial charge in [0.2, 0.25) is 0 Å².